The summed E-state index contributed by atoms with van der Waals surface area (Å²) in [6.07, 6.45) is 11.6. The van der Waals surface area contributed by atoms with E-state index in [0.29, 0.717) is 17.3 Å². The highest BCUT2D eigenvalue weighted by molar-refractivity contribution is 5.87. The van der Waals surface area contributed by atoms with Crippen molar-refractivity contribution in [1.29, 1.82) is 0 Å². The first kappa shape index (κ1) is 28.7. The molecule has 3 heterocycles. The summed E-state index contributed by atoms with van der Waals surface area (Å²) in [5.41, 5.74) is 10.1. The summed E-state index contributed by atoms with van der Waals surface area (Å²) >= 11 is 0. The van der Waals surface area contributed by atoms with Gasteiger partial charge in [-0.25, -0.2) is 4.99 Å². The highest BCUT2D eigenvalue weighted by atomic mass is 16.1. The van der Waals surface area contributed by atoms with Crippen molar-refractivity contribution in [3.05, 3.63) is 36.7 Å². The van der Waals surface area contributed by atoms with Crippen LogP contribution in [-0.2, 0) is 4.79 Å². The molecular weight excluding hydrogens is 436 g/mol. The molecule has 2 fully saturated rings. The lowest BCUT2D eigenvalue weighted by molar-refractivity contribution is -0.119. The Balaban J connectivity index is 0.000000551. The van der Waals surface area contributed by atoms with Gasteiger partial charge in [0.05, 0.1) is 12.0 Å². The number of nitrogens with two attached hydrogens (primary N) is 1. The van der Waals surface area contributed by atoms with Gasteiger partial charge in [-0.15, -0.1) is 13.2 Å². The maximum Gasteiger partial charge on any atom is 0.209 e. The second-order valence-corrected chi connectivity index (χ2v) is 11.4. The minimum Gasteiger partial charge on any atom is -0.400 e. The van der Waals surface area contributed by atoms with Crippen molar-refractivity contribution in [2.45, 2.75) is 66.2 Å². The van der Waals surface area contributed by atoms with Crippen LogP contribution in [0.4, 0.5) is 5.82 Å². The third kappa shape index (κ3) is 9.55. The minimum atomic E-state index is 0.445. The van der Waals surface area contributed by atoms with Crippen molar-refractivity contribution in [3.63, 3.8) is 0 Å². The van der Waals surface area contributed by atoms with Gasteiger partial charge in [0.2, 0.25) is 6.41 Å². The molecule has 1 aliphatic carbocycles. The number of carbonyl (C=O) groups is 1. The van der Waals surface area contributed by atoms with E-state index in [1.54, 1.807) is 6.34 Å². The number of nitrogens with one attached hydrogen (secondary N) is 3. The average Bonchev–Trinajstić information content (AvgIpc) is 3.34. The first-order chi connectivity index (χ1) is 16.7. The molecule has 4 rings (SSSR count). The van der Waals surface area contributed by atoms with Crippen molar-refractivity contribution in [1.82, 2.24) is 20.5 Å². The fourth-order valence-electron chi connectivity index (χ4n) is 4.78. The van der Waals surface area contributed by atoms with Crippen LogP contribution < -0.4 is 16.4 Å². The van der Waals surface area contributed by atoms with E-state index < -0.39 is 0 Å². The van der Waals surface area contributed by atoms with Crippen LogP contribution in [0.1, 0.15) is 71.8 Å². The number of allylic oxidation sites excluding steroid dienone is 1. The summed E-state index contributed by atoms with van der Waals surface area (Å²) in [7, 11) is 0. The maximum absolute atomic E-state index is 10.8. The zero-order valence-corrected chi connectivity index (χ0v) is 22.4. The number of aromatic amines is 1. The van der Waals surface area contributed by atoms with E-state index in [2.05, 4.69) is 61.5 Å². The predicted molar refractivity (Wildman–Crippen MR) is 148 cm³/mol. The Labute approximate surface area is 212 Å². The smallest absolute Gasteiger partial charge is 0.209 e. The molecule has 2 aliphatic heterocycles. The molecule has 7 heteroatoms. The third-order valence-corrected chi connectivity index (χ3v) is 6.64. The van der Waals surface area contributed by atoms with E-state index in [1.807, 2.05) is 17.2 Å². The molecule has 0 radical (unpaired) electrons. The number of fused-ring (bicyclic) bond motifs is 1. The number of hydrogen-bond donors (Lipinski definition) is 4. The largest absolute Gasteiger partial charge is 0.400 e. The lowest BCUT2D eigenvalue weighted by Gasteiger charge is -2.32. The molecule has 1 aromatic heterocycles. The van der Waals surface area contributed by atoms with E-state index >= 15 is 0 Å². The van der Waals surface area contributed by atoms with Gasteiger partial charge in [-0.3, -0.25) is 4.79 Å². The number of rotatable bonds is 6. The quantitative estimate of drug-likeness (QED) is 0.336. The average molecular weight is 485 g/mol. The molecule has 0 spiro atoms. The predicted octanol–water partition coefficient (Wildman–Crippen LogP) is 5.02. The number of piperidine rings is 1. The highest BCUT2D eigenvalue weighted by Gasteiger charge is 2.26. The van der Waals surface area contributed by atoms with Gasteiger partial charge in [0.25, 0.3) is 0 Å². The second kappa shape index (κ2) is 14.1. The number of H-pyrrole nitrogens is 1. The van der Waals surface area contributed by atoms with Crippen molar-refractivity contribution >= 4 is 24.3 Å². The van der Waals surface area contributed by atoms with Crippen LogP contribution in [0.3, 0.4) is 0 Å². The number of nitrogens with zero attached hydrogens (tertiary/aromatic N) is 2. The standard InChI is InChI=1S/C21H32N6O.C5H12.C2H4/c22-19(20-18-5-8-24-21(18)26-13-25-20)17-3-1-15(2-4-17)11-23-12-16-6-9-27(14-28)10-7-16;1-5(2,3)4;1-2/h5,8,13-17,23-24H,1-4,6-7,9-12,22H2,(H,25,26);1-4H3;1-2H2/b20-19-;;. The lowest BCUT2D eigenvalue weighted by Crippen LogP contribution is -2.38. The van der Waals surface area contributed by atoms with Gasteiger partial charge >= 0.3 is 0 Å². The number of likely N-dealkylation sites (tertiary alicyclic amines) is 1. The molecule has 5 N–H and O–H groups in total. The number of hydrogen-bond acceptors (Lipinski definition) is 5. The maximum atomic E-state index is 10.8. The molecule has 0 unspecified atom stereocenters. The zero-order chi connectivity index (χ0) is 25.8. The van der Waals surface area contributed by atoms with Crippen LogP contribution >= 0.6 is 0 Å². The monoisotopic (exact) mass is 484 g/mol. The number of carbonyl (C=O) groups excluding carboxylic acids is 1. The summed E-state index contributed by atoms with van der Waals surface area (Å²) in [6, 6.07) is 2.04. The Morgan fingerprint density at radius 1 is 1.11 bits per heavy atom. The zero-order valence-electron chi connectivity index (χ0n) is 22.4. The van der Waals surface area contributed by atoms with Crippen LogP contribution in [0, 0.1) is 23.2 Å². The number of aromatic nitrogens is 1. The molecule has 1 aromatic rings. The Kier molecular flexibility index (Phi) is 11.6. The SMILES string of the molecule is C=C.CC(C)(C)C.N/C(=C1\NC=Nc2[nH]ccc21)C1CCC(CNCC2CCN(C=O)CC2)CC1. The molecule has 3 aliphatic rings. The van der Waals surface area contributed by atoms with Gasteiger partial charge in [-0.2, -0.15) is 0 Å². The molecule has 0 bridgehead atoms. The summed E-state index contributed by atoms with van der Waals surface area (Å²) in [5.74, 6) is 2.78. The lowest BCUT2D eigenvalue weighted by atomic mass is 9.79. The van der Waals surface area contributed by atoms with Crippen molar-refractivity contribution in [2.24, 2.45) is 33.9 Å². The molecular formula is C28H48N6O. The summed E-state index contributed by atoms with van der Waals surface area (Å²) in [5, 5.41) is 6.94. The molecule has 7 nitrogen and oxygen atoms in total. The van der Waals surface area contributed by atoms with Crippen LogP contribution in [0.15, 0.2) is 36.1 Å². The van der Waals surface area contributed by atoms with Gasteiger partial charge in [-0.05, 0) is 74.9 Å². The highest BCUT2D eigenvalue weighted by Crippen LogP contribution is 2.36. The summed E-state index contributed by atoms with van der Waals surface area (Å²) < 4.78 is 0. The van der Waals surface area contributed by atoms with Gasteiger partial charge in [0.15, 0.2) is 0 Å². The fourth-order valence-corrected chi connectivity index (χ4v) is 4.78. The first-order valence-corrected chi connectivity index (χ1v) is 13.1. The molecule has 0 aromatic carbocycles. The summed E-state index contributed by atoms with van der Waals surface area (Å²) in [6.45, 7) is 18.8. The van der Waals surface area contributed by atoms with Gasteiger partial charge in [-0.1, -0.05) is 27.7 Å². The Morgan fingerprint density at radius 2 is 1.69 bits per heavy atom. The van der Waals surface area contributed by atoms with Gasteiger partial charge < -0.3 is 26.3 Å². The van der Waals surface area contributed by atoms with Crippen LogP contribution in [-0.4, -0.2) is 48.8 Å². The third-order valence-electron chi connectivity index (χ3n) is 6.64. The molecule has 1 saturated carbocycles. The molecule has 1 amide bonds. The number of amides is 1. The van der Waals surface area contributed by atoms with Crippen molar-refractivity contribution in [2.75, 3.05) is 26.2 Å². The molecule has 35 heavy (non-hydrogen) atoms. The topological polar surface area (TPSA) is 98.5 Å². The van der Waals surface area contributed by atoms with Gasteiger partial charge in [0, 0.05) is 36.5 Å². The van der Waals surface area contributed by atoms with Crippen molar-refractivity contribution in [3.8, 4) is 0 Å². The minimum absolute atomic E-state index is 0.445. The molecule has 1 saturated heterocycles. The van der Waals surface area contributed by atoms with E-state index in [9.17, 15) is 4.79 Å². The van der Waals surface area contributed by atoms with E-state index in [-0.39, 0.29) is 0 Å². The van der Waals surface area contributed by atoms with Crippen LogP contribution in [0.25, 0.3) is 5.70 Å². The Bertz CT molecular complexity index is 815. The van der Waals surface area contributed by atoms with E-state index in [4.69, 9.17) is 5.73 Å². The normalized spacial score (nSPS) is 23.6. The molecule has 196 valence electrons. The Morgan fingerprint density at radius 3 is 2.26 bits per heavy atom. The van der Waals surface area contributed by atoms with Gasteiger partial charge in [0.1, 0.15) is 5.82 Å². The van der Waals surface area contributed by atoms with E-state index in [1.165, 1.54) is 12.8 Å². The number of aliphatic imine (C=N–C) groups is 1. The van der Waals surface area contributed by atoms with Crippen LogP contribution in [0.5, 0.6) is 0 Å². The van der Waals surface area contributed by atoms with Crippen molar-refractivity contribution < 1.29 is 4.79 Å². The first-order valence-electron chi connectivity index (χ1n) is 13.1. The van der Waals surface area contributed by atoms with E-state index in [0.717, 1.165) is 87.0 Å². The molecule has 0 atom stereocenters. The Hall–Kier alpha value is -2.54. The summed E-state index contributed by atoms with van der Waals surface area (Å²) in [4.78, 5) is 20.2. The fraction of sp³-hybridized carbons (Fsp3) is 0.643. The second-order valence-electron chi connectivity index (χ2n) is 11.4. The van der Waals surface area contributed by atoms with Crippen LogP contribution in [0.2, 0.25) is 0 Å².